The Morgan fingerprint density at radius 3 is 2.39 bits per heavy atom. The molecule has 2 bridgehead atoms. The van der Waals surface area contributed by atoms with Gasteiger partial charge < -0.3 is 14.9 Å². The summed E-state index contributed by atoms with van der Waals surface area (Å²) in [5.41, 5.74) is 2.83. The summed E-state index contributed by atoms with van der Waals surface area (Å²) in [7, 11) is -1.28. The molecule has 0 spiro atoms. The van der Waals surface area contributed by atoms with E-state index in [-0.39, 0.29) is 17.5 Å². The van der Waals surface area contributed by atoms with Crippen molar-refractivity contribution in [3.63, 3.8) is 0 Å². The quantitative estimate of drug-likeness (QED) is 0.525. The smallest absolute Gasteiger partial charge is 0.243 e. The van der Waals surface area contributed by atoms with Gasteiger partial charge >= 0.3 is 0 Å². The molecule has 0 unspecified atom stereocenters. The number of hydrogen-bond donors (Lipinski definition) is 1. The molecular weight excluding hydrogens is 518 g/mol. The van der Waals surface area contributed by atoms with Gasteiger partial charge in [0, 0.05) is 28.6 Å². The van der Waals surface area contributed by atoms with E-state index in [1.165, 1.54) is 11.1 Å². The van der Waals surface area contributed by atoms with Crippen molar-refractivity contribution in [2.45, 2.75) is 80.3 Å². The van der Waals surface area contributed by atoms with Gasteiger partial charge in [-0.15, -0.1) is 0 Å². The number of rotatable bonds is 7. The molecule has 6 rings (SSSR count). The Morgan fingerprint density at radius 1 is 1.03 bits per heavy atom. The minimum Gasteiger partial charge on any atom is -0.508 e. The second-order valence-corrected chi connectivity index (χ2v) is 14.4. The van der Waals surface area contributed by atoms with Crippen molar-refractivity contribution in [3.8, 4) is 5.75 Å². The first-order valence-corrected chi connectivity index (χ1v) is 16.0. The van der Waals surface area contributed by atoms with Gasteiger partial charge in [0.25, 0.3) is 0 Å². The van der Waals surface area contributed by atoms with Crippen LogP contribution >= 0.6 is 11.6 Å². The van der Waals surface area contributed by atoms with Gasteiger partial charge in [0.05, 0.1) is 4.90 Å². The van der Waals surface area contributed by atoms with Gasteiger partial charge in [-0.2, -0.15) is 4.31 Å². The Labute approximate surface area is 232 Å². The van der Waals surface area contributed by atoms with Gasteiger partial charge in [0.2, 0.25) is 10.0 Å². The van der Waals surface area contributed by atoms with Crippen LogP contribution in [0.5, 0.6) is 5.75 Å². The number of sulfonamides is 1. The van der Waals surface area contributed by atoms with Crippen molar-refractivity contribution >= 4 is 21.6 Å². The first kappa shape index (κ1) is 26.6. The Bertz CT molecular complexity index is 1270. The number of phenolic OH excluding ortho intramolecular Hbond substituents is 1. The second kappa shape index (κ2) is 10.1. The lowest BCUT2D eigenvalue weighted by molar-refractivity contribution is 0.0272. The molecule has 2 aliphatic heterocycles. The molecule has 0 aromatic heterocycles. The van der Waals surface area contributed by atoms with Crippen LogP contribution in [0.2, 0.25) is 5.02 Å². The first-order valence-electron chi connectivity index (χ1n) is 14.2. The summed E-state index contributed by atoms with van der Waals surface area (Å²) in [6, 6.07) is 13.3. The third-order valence-corrected chi connectivity index (χ3v) is 12.3. The van der Waals surface area contributed by atoms with Crippen LogP contribution in [0.15, 0.2) is 47.4 Å². The van der Waals surface area contributed by atoms with E-state index in [4.69, 9.17) is 11.6 Å². The van der Waals surface area contributed by atoms with Crippen LogP contribution in [-0.4, -0.2) is 79.0 Å². The third kappa shape index (κ3) is 4.68. The predicted octanol–water partition coefficient (Wildman–Crippen LogP) is 4.89. The summed E-state index contributed by atoms with van der Waals surface area (Å²) in [4.78, 5) is 5.42. The van der Waals surface area contributed by atoms with Gasteiger partial charge in [0.15, 0.2) is 0 Å². The average Bonchev–Trinajstić information content (AvgIpc) is 3.72. The number of aromatic hydroxyl groups is 1. The maximum absolute atomic E-state index is 13.6. The van der Waals surface area contributed by atoms with E-state index in [1.807, 2.05) is 16.4 Å². The fraction of sp³-hybridized carbons (Fsp3) is 0.600. The fourth-order valence-corrected chi connectivity index (χ4v) is 9.71. The van der Waals surface area contributed by atoms with Gasteiger partial charge in [-0.3, -0.25) is 0 Å². The molecule has 8 heteroatoms. The Morgan fingerprint density at radius 2 is 1.71 bits per heavy atom. The number of likely N-dealkylation sites (tertiary alicyclic amines) is 2. The molecule has 2 aromatic rings. The molecule has 0 radical (unpaired) electrons. The van der Waals surface area contributed by atoms with Crippen LogP contribution < -0.4 is 0 Å². The zero-order valence-corrected chi connectivity index (χ0v) is 24.1. The van der Waals surface area contributed by atoms with Gasteiger partial charge in [-0.1, -0.05) is 24.6 Å². The SMILES string of the molecule is C[C@H]1[C@H]2Cc3ccc(O)cc3[C@@]1(CCN1CCC(N(C3CC3)S(=O)(=O)c3ccc(Cl)cc3)CC1)CCN2C. The molecule has 3 atom stereocenters. The molecule has 6 nitrogen and oxygen atoms in total. The Hall–Kier alpha value is -1.64. The molecular formula is C30H40ClN3O3S. The molecule has 2 saturated heterocycles. The Balaban J connectivity index is 1.15. The van der Waals surface area contributed by atoms with Crippen LogP contribution in [0.25, 0.3) is 0 Å². The minimum absolute atomic E-state index is 0.0524. The summed E-state index contributed by atoms with van der Waals surface area (Å²) in [5, 5.41) is 10.9. The van der Waals surface area contributed by atoms with Gasteiger partial charge in [-0.25, -0.2) is 8.42 Å². The summed E-state index contributed by atoms with van der Waals surface area (Å²) in [6.07, 6.45) is 6.89. The monoisotopic (exact) mass is 557 g/mol. The number of nitrogens with zero attached hydrogens (tertiary/aromatic N) is 3. The van der Waals surface area contributed by atoms with Gasteiger partial charge in [0.1, 0.15) is 5.75 Å². The average molecular weight is 558 g/mol. The first-order chi connectivity index (χ1) is 18.2. The molecule has 0 amide bonds. The maximum Gasteiger partial charge on any atom is 0.243 e. The zero-order valence-electron chi connectivity index (χ0n) is 22.5. The summed E-state index contributed by atoms with van der Waals surface area (Å²) in [6.45, 7) is 6.35. The van der Waals surface area contributed by atoms with Crippen LogP contribution in [0.1, 0.15) is 56.6 Å². The van der Waals surface area contributed by atoms with Crippen molar-refractivity contribution in [1.82, 2.24) is 14.1 Å². The summed E-state index contributed by atoms with van der Waals surface area (Å²) < 4.78 is 29.0. The molecule has 1 saturated carbocycles. The van der Waals surface area contributed by atoms with Crippen molar-refractivity contribution in [1.29, 1.82) is 0 Å². The van der Waals surface area contributed by atoms with Crippen molar-refractivity contribution in [2.24, 2.45) is 5.92 Å². The summed E-state index contributed by atoms with van der Waals surface area (Å²) in [5.74, 6) is 0.901. The van der Waals surface area contributed by atoms with Gasteiger partial charge in [-0.05, 0) is 132 Å². The highest BCUT2D eigenvalue weighted by atomic mass is 35.5. The molecule has 3 fully saturated rings. The zero-order chi connectivity index (χ0) is 26.7. The van der Waals surface area contributed by atoms with Crippen molar-refractivity contribution in [2.75, 3.05) is 33.2 Å². The summed E-state index contributed by atoms with van der Waals surface area (Å²) >= 11 is 6.02. The molecule has 206 valence electrons. The lowest BCUT2D eigenvalue weighted by Crippen LogP contribution is -2.58. The number of likely N-dealkylation sites (N-methyl/N-ethyl adjacent to an activating group) is 1. The van der Waals surface area contributed by atoms with Crippen LogP contribution in [0, 0.1) is 5.92 Å². The molecule has 1 N–H and O–H groups in total. The molecule has 4 aliphatic rings. The number of benzene rings is 2. The van der Waals surface area contributed by atoms with Crippen LogP contribution in [0.3, 0.4) is 0 Å². The highest BCUT2D eigenvalue weighted by Crippen LogP contribution is 2.51. The van der Waals surface area contributed by atoms with Crippen molar-refractivity contribution in [3.05, 3.63) is 58.6 Å². The molecule has 2 aromatic carbocycles. The van der Waals surface area contributed by atoms with E-state index in [9.17, 15) is 13.5 Å². The normalized spacial score (nSPS) is 28.9. The van der Waals surface area contributed by atoms with E-state index in [1.54, 1.807) is 24.3 Å². The predicted molar refractivity (Wildman–Crippen MR) is 151 cm³/mol. The third-order valence-electron chi connectivity index (χ3n) is 10.1. The van der Waals surface area contributed by atoms with E-state index in [0.717, 1.165) is 71.1 Å². The minimum atomic E-state index is -3.54. The number of piperidine rings is 2. The molecule has 38 heavy (non-hydrogen) atoms. The van der Waals surface area contributed by atoms with Crippen molar-refractivity contribution < 1.29 is 13.5 Å². The van der Waals surface area contributed by atoms with E-state index in [0.29, 0.717) is 27.6 Å². The largest absolute Gasteiger partial charge is 0.508 e. The Kier molecular flexibility index (Phi) is 7.05. The second-order valence-electron chi connectivity index (χ2n) is 12.1. The van der Waals surface area contributed by atoms with E-state index < -0.39 is 10.0 Å². The highest BCUT2D eigenvalue weighted by Gasteiger charge is 2.50. The fourth-order valence-electron chi connectivity index (χ4n) is 7.65. The molecule has 2 heterocycles. The van der Waals surface area contributed by atoms with E-state index >= 15 is 0 Å². The van der Waals surface area contributed by atoms with E-state index in [2.05, 4.69) is 29.8 Å². The lowest BCUT2D eigenvalue weighted by Gasteiger charge is -2.56. The number of hydrogen-bond acceptors (Lipinski definition) is 5. The number of halogens is 1. The maximum atomic E-state index is 13.6. The standard InChI is InChI=1S/C30H40ClN3O3S/c1-21-29-19-22-3-8-26(35)20-28(22)30(21,13-17-32(29)2)14-18-33-15-11-25(12-16-33)34(24-6-7-24)38(36,37)27-9-4-23(31)5-10-27/h3-5,8-10,20-21,24-25,29,35H,6-7,11-19H2,1-2H3/t21-,29+,30+/m0/s1. The lowest BCUT2D eigenvalue weighted by atomic mass is 9.56. The highest BCUT2D eigenvalue weighted by molar-refractivity contribution is 7.89. The topological polar surface area (TPSA) is 64.1 Å². The number of fused-ring (bicyclic) bond motifs is 4. The van der Waals surface area contributed by atoms with Crippen LogP contribution in [-0.2, 0) is 21.9 Å². The number of phenols is 1. The van der Waals surface area contributed by atoms with Crippen LogP contribution in [0.4, 0.5) is 0 Å². The molecule has 2 aliphatic carbocycles.